The number of amides is 1. The summed E-state index contributed by atoms with van der Waals surface area (Å²) in [5, 5.41) is 22.4. The SMILES string of the molecule is CC(O)(C=S(=O)=O)C(=O)Nc1ccc(C#N)c(C(F)(F)F)c1.Fc1cc2ccc1=2. The molecule has 1 unspecified atom stereocenters. The molecule has 0 bridgehead atoms. The van der Waals surface area contributed by atoms with E-state index < -0.39 is 39.1 Å². The molecule has 1 atom stereocenters. The van der Waals surface area contributed by atoms with E-state index in [0.717, 1.165) is 29.5 Å². The van der Waals surface area contributed by atoms with Gasteiger partial charge in [0.1, 0.15) is 5.82 Å². The van der Waals surface area contributed by atoms with Crippen LogP contribution < -0.4 is 5.32 Å². The number of alkyl halides is 3. The zero-order valence-electron chi connectivity index (χ0n) is 14.6. The largest absolute Gasteiger partial charge is 0.417 e. The quantitative estimate of drug-likeness (QED) is 0.492. The molecule has 0 fully saturated rings. The van der Waals surface area contributed by atoms with Gasteiger partial charge in [-0.15, -0.1) is 0 Å². The molecular formula is C18H12F4N2O4S. The number of carbonyl (C=O) groups excluding carboxylic acids is 1. The molecule has 1 amide bonds. The van der Waals surface area contributed by atoms with Crippen molar-refractivity contribution in [3.8, 4) is 6.07 Å². The number of rotatable bonds is 3. The third kappa shape index (κ3) is 5.18. The van der Waals surface area contributed by atoms with Gasteiger partial charge < -0.3 is 10.4 Å². The maximum absolute atomic E-state index is 12.8. The lowest BCUT2D eigenvalue weighted by molar-refractivity contribution is -0.137. The summed E-state index contributed by atoms with van der Waals surface area (Å²) in [5.41, 5.74) is -4.67. The molecule has 0 radical (unpaired) electrons. The molecule has 29 heavy (non-hydrogen) atoms. The third-order valence-electron chi connectivity index (χ3n) is 3.77. The minimum Gasteiger partial charge on any atom is -0.375 e. The highest BCUT2D eigenvalue weighted by molar-refractivity contribution is 7.71. The van der Waals surface area contributed by atoms with Crippen LogP contribution >= 0.6 is 0 Å². The molecule has 2 N–H and O–H groups in total. The van der Waals surface area contributed by atoms with Crippen LogP contribution in [0.15, 0.2) is 36.4 Å². The second-order valence-electron chi connectivity index (χ2n) is 6.04. The van der Waals surface area contributed by atoms with E-state index in [0.29, 0.717) is 6.07 Å². The number of nitriles is 1. The molecule has 2 aliphatic carbocycles. The zero-order valence-corrected chi connectivity index (χ0v) is 15.4. The summed E-state index contributed by atoms with van der Waals surface area (Å²) in [6.07, 6.45) is -4.81. The first-order valence-electron chi connectivity index (χ1n) is 7.74. The van der Waals surface area contributed by atoms with Gasteiger partial charge in [-0.2, -0.15) is 26.9 Å². The molecule has 0 saturated carbocycles. The van der Waals surface area contributed by atoms with Gasteiger partial charge in [-0.1, -0.05) is 12.1 Å². The second kappa shape index (κ2) is 8.02. The number of hydrogen-bond donors (Lipinski definition) is 2. The van der Waals surface area contributed by atoms with Crippen LogP contribution in [0.3, 0.4) is 0 Å². The highest BCUT2D eigenvalue weighted by Gasteiger charge is 2.35. The predicted octanol–water partition coefficient (Wildman–Crippen LogP) is 2.37. The van der Waals surface area contributed by atoms with Crippen LogP contribution in [-0.2, 0) is 21.3 Å². The fraction of sp³-hybridized carbons (Fsp3) is 0.167. The van der Waals surface area contributed by atoms with E-state index in [1.165, 1.54) is 12.1 Å². The molecule has 0 saturated heterocycles. The minimum atomic E-state index is -4.81. The van der Waals surface area contributed by atoms with Crippen molar-refractivity contribution in [2.24, 2.45) is 0 Å². The molecule has 0 aliphatic heterocycles. The predicted molar refractivity (Wildman–Crippen MR) is 94.5 cm³/mol. The van der Waals surface area contributed by atoms with Gasteiger partial charge >= 0.3 is 6.18 Å². The summed E-state index contributed by atoms with van der Waals surface area (Å²) in [7, 11) is -2.85. The Kier molecular flexibility index (Phi) is 6.10. The van der Waals surface area contributed by atoms with Crippen molar-refractivity contribution in [3.05, 3.63) is 63.8 Å². The average molecular weight is 428 g/mol. The summed E-state index contributed by atoms with van der Waals surface area (Å²) >= 11 is 0. The van der Waals surface area contributed by atoms with Crippen LogP contribution in [0.4, 0.5) is 23.2 Å². The highest BCUT2D eigenvalue weighted by atomic mass is 32.2. The van der Waals surface area contributed by atoms with Crippen molar-refractivity contribution >= 4 is 27.3 Å². The number of aliphatic hydroxyl groups is 1. The normalized spacial score (nSPS) is 13.1. The van der Waals surface area contributed by atoms with Crippen molar-refractivity contribution < 1.29 is 35.9 Å². The van der Waals surface area contributed by atoms with Crippen LogP contribution in [0.5, 0.6) is 0 Å². The fourth-order valence-electron chi connectivity index (χ4n) is 2.20. The number of nitrogens with one attached hydrogen (secondary N) is 1. The Morgan fingerprint density at radius 3 is 2.21 bits per heavy atom. The lowest BCUT2D eigenvalue weighted by Gasteiger charge is -2.17. The number of benzene rings is 2. The molecule has 2 aliphatic rings. The monoisotopic (exact) mass is 428 g/mol. The van der Waals surface area contributed by atoms with Crippen molar-refractivity contribution in [2.45, 2.75) is 18.7 Å². The Hall–Kier alpha value is -3.23. The summed E-state index contributed by atoms with van der Waals surface area (Å²) in [4.78, 5) is 11.7. The van der Waals surface area contributed by atoms with Gasteiger partial charge in [0.2, 0.25) is 10.3 Å². The number of anilines is 1. The number of halogens is 4. The Morgan fingerprint density at radius 1 is 1.21 bits per heavy atom. The molecule has 0 spiro atoms. The molecule has 11 heteroatoms. The van der Waals surface area contributed by atoms with E-state index in [2.05, 4.69) is 0 Å². The third-order valence-corrected chi connectivity index (χ3v) is 4.42. The molecule has 1 aromatic carbocycles. The molecule has 152 valence electrons. The smallest absolute Gasteiger partial charge is 0.375 e. The topological polar surface area (TPSA) is 107 Å². The number of carbonyl (C=O) groups is 1. The van der Waals surface area contributed by atoms with Crippen LogP contribution in [0.1, 0.15) is 18.1 Å². The van der Waals surface area contributed by atoms with Gasteiger partial charge in [0, 0.05) is 10.9 Å². The van der Waals surface area contributed by atoms with Crippen molar-refractivity contribution in [1.82, 2.24) is 0 Å². The zero-order chi connectivity index (χ0) is 22.0. The lowest BCUT2D eigenvalue weighted by Crippen LogP contribution is -2.41. The Labute approximate surface area is 162 Å². The number of nitrogens with zero attached hydrogens (tertiary/aromatic N) is 1. The number of hydrogen-bond acceptors (Lipinski definition) is 5. The minimum absolute atomic E-state index is 0.0579. The molecular weight excluding hydrogens is 416 g/mol. The van der Waals surface area contributed by atoms with E-state index in [1.807, 2.05) is 11.4 Å². The van der Waals surface area contributed by atoms with Crippen molar-refractivity contribution in [3.63, 3.8) is 0 Å². The maximum Gasteiger partial charge on any atom is 0.417 e. The first-order valence-corrected chi connectivity index (χ1v) is 8.88. The van der Waals surface area contributed by atoms with Gasteiger partial charge in [-0.05, 0) is 36.4 Å². The van der Waals surface area contributed by atoms with E-state index in [4.69, 9.17) is 5.26 Å². The molecule has 0 heterocycles. The first kappa shape index (κ1) is 22.1. The Morgan fingerprint density at radius 2 is 1.86 bits per heavy atom. The average Bonchev–Trinajstić information content (AvgIpc) is 2.58. The summed E-state index contributed by atoms with van der Waals surface area (Å²) in [6.45, 7) is 0.854. The molecule has 0 aromatic heterocycles. The van der Waals surface area contributed by atoms with Gasteiger partial charge in [-0.25, -0.2) is 4.39 Å². The first-order chi connectivity index (χ1) is 13.3. The van der Waals surface area contributed by atoms with Gasteiger partial charge in [0.05, 0.1) is 22.6 Å². The van der Waals surface area contributed by atoms with E-state index in [1.54, 1.807) is 6.07 Å². The summed E-state index contributed by atoms with van der Waals surface area (Å²) < 4.78 is 71.2. The van der Waals surface area contributed by atoms with Crippen molar-refractivity contribution in [2.75, 3.05) is 5.32 Å². The molecule has 3 rings (SSSR count). The van der Waals surface area contributed by atoms with Crippen LogP contribution in [0.25, 0.3) is 0 Å². The van der Waals surface area contributed by atoms with Crippen molar-refractivity contribution in [1.29, 1.82) is 5.26 Å². The maximum atomic E-state index is 12.8. The van der Waals surface area contributed by atoms with Gasteiger partial charge in [0.25, 0.3) is 5.91 Å². The van der Waals surface area contributed by atoms with E-state index >= 15 is 0 Å². The molecule has 1 aromatic rings. The highest BCUT2D eigenvalue weighted by Crippen LogP contribution is 2.33. The Bertz CT molecular complexity index is 1240. The summed E-state index contributed by atoms with van der Waals surface area (Å²) in [5.74, 6) is -1.30. The second-order valence-corrected chi connectivity index (χ2v) is 6.80. The van der Waals surface area contributed by atoms with Crippen LogP contribution in [0, 0.1) is 27.6 Å². The standard InChI is InChI=1S/C12H9F3N2O4S.C6H3F/c1-11(19,6-22(20)21)10(18)17-8-3-2-7(5-16)9(4-8)12(13,14)15;7-6-3-4-1-2-5(4)6/h2-4,6,19H,1H3,(H,17,18);1-3H. The summed E-state index contributed by atoms with van der Waals surface area (Å²) in [6, 6.07) is 8.98. The van der Waals surface area contributed by atoms with Crippen LogP contribution in [-0.4, -0.2) is 30.4 Å². The van der Waals surface area contributed by atoms with E-state index in [-0.39, 0.29) is 16.9 Å². The Balaban J connectivity index is 0.000000351. The fourth-order valence-corrected chi connectivity index (χ4v) is 2.68. The lowest BCUT2D eigenvalue weighted by atomic mass is 10.1. The molecule has 6 nitrogen and oxygen atoms in total. The van der Waals surface area contributed by atoms with Gasteiger partial charge in [0.15, 0.2) is 5.60 Å². The van der Waals surface area contributed by atoms with Crippen LogP contribution in [0.2, 0.25) is 0 Å². The van der Waals surface area contributed by atoms with Gasteiger partial charge in [-0.3, -0.25) is 4.79 Å². The van der Waals surface area contributed by atoms with E-state index in [9.17, 15) is 35.9 Å².